The number of benzene rings is 1. The molecule has 0 saturated carbocycles. The Morgan fingerprint density at radius 3 is 1.89 bits per heavy atom. The van der Waals surface area contributed by atoms with Gasteiger partial charge in [-0.05, 0) is 50.2 Å². The van der Waals surface area contributed by atoms with Crippen molar-refractivity contribution in [1.29, 1.82) is 0 Å². The first-order chi connectivity index (χ1) is 12.9. The summed E-state index contributed by atoms with van der Waals surface area (Å²) in [5.41, 5.74) is 0.114. The average Bonchev–Trinajstić information content (AvgIpc) is 2.65. The quantitative estimate of drug-likeness (QED) is 0.270. The van der Waals surface area contributed by atoms with Crippen LogP contribution in [0.25, 0.3) is 0 Å². The summed E-state index contributed by atoms with van der Waals surface area (Å²) in [6, 6.07) is 6.26. The van der Waals surface area contributed by atoms with Gasteiger partial charge >= 0.3 is 15.0 Å². The fourth-order valence-corrected chi connectivity index (χ4v) is 5.60. The largest absolute Gasteiger partial charge is 0.500 e. The van der Waals surface area contributed by atoms with Gasteiger partial charge in [0, 0.05) is 25.9 Å². The first-order valence-electron chi connectivity index (χ1n) is 9.95. The Labute approximate surface area is 162 Å². The van der Waals surface area contributed by atoms with Crippen LogP contribution in [-0.2, 0) is 25.9 Å². The van der Waals surface area contributed by atoms with Crippen LogP contribution < -0.4 is 0 Å². The number of unbranched alkanes of at least 4 members (excludes halogenated alkanes) is 1. The standard InChI is InChI=1S/C20H33F3O3Si/c1-4-13-24-27(25-14-5-2,26-15-6-3)16-8-7-10-18-11-9-12-19(17-18)20(21,22)23/h9,11-12,17H,4-8,10,13-16H2,1-3H3. The number of hydrogen-bond donors (Lipinski definition) is 0. The van der Waals surface area contributed by atoms with Crippen molar-refractivity contribution < 1.29 is 26.4 Å². The fraction of sp³-hybridized carbons (Fsp3) is 0.700. The van der Waals surface area contributed by atoms with Crippen molar-refractivity contribution in [3.8, 4) is 0 Å². The van der Waals surface area contributed by atoms with Gasteiger partial charge in [-0.25, -0.2) is 0 Å². The molecule has 0 aliphatic rings. The van der Waals surface area contributed by atoms with Gasteiger partial charge in [0.15, 0.2) is 0 Å². The predicted octanol–water partition coefficient (Wildman–Crippen LogP) is 6.25. The first kappa shape index (κ1) is 24.1. The molecule has 0 heterocycles. The van der Waals surface area contributed by atoms with Gasteiger partial charge in [0.1, 0.15) is 0 Å². The lowest BCUT2D eigenvalue weighted by atomic mass is 10.1. The molecule has 0 N–H and O–H groups in total. The van der Waals surface area contributed by atoms with Crippen LogP contribution in [0, 0.1) is 0 Å². The van der Waals surface area contributed by atoms with Crippen molar-refractivity contribution in [2.24, 2.45) is 0 Å². The van der Waals surface area contributed by atoms with Crippen LogP contribution in [0.1, 0.15) is 64.0 Å². The van der Waals surface area contributed by atoms with E-state index in [4.69, 9.17) is 13.3 Å². The van der Waals surface area contributed by atoms with Crippen molar-refractivity contribution in [3.63, 3.8) is 0 Å². The molecule has 3 nitrogen and oxygen atoms in total. The molecule has 27 heavy (non-hydrogen) atoms. The van der Waals surface area contributed by atoms with E-state index in [-0.39, 0.29) is 0 Å². The molecule has 0 aromatic heterocycles. The molecule has 0 saturated heterocycles. The third-order valence-corrected chi connectivity index (χ3v) is 6.93. The highest BCUT2D eigenvalue weighted by atomic mass is 28.4. The van der Waals surface area contributed by atoms with Gasteiger partial charge in [0.05, 0.1) is 5.56 Å². The van der Waals surface area contributed by atoms with Crippen LogP contribution in [0.15, 0.2) is 24.3 Å². The smallest absolute Gasteiger partial charge is 0.373 e. The molecule has 156 valence electrons. The van der Waals surface area contributed by atoms with Gasteiger partial charge in [-0.2, -0.15) is 13.2 Å². The highest BCUT2D eigenvalue weighted by Gasteiger charge is 2.40. The molecular formula is C20H33F3O3Si. The van der Waals surface area contributed by atoms with Crippen molar-refractivity contribution in [1.82, 2.24) is 0 Å². The van der Waals surface area contributed by atoms with Crippen LogP contribution in [0.2, 0.25) is 6.04 Å². The number of halogens is 3. The molecule has 7 heteroatoms. The highest BCUT2D eigenvalue weighted by Crippen LogP contribution is 2.30. The maximum atomic E-state index is 12.8. The monoisotopic (exact) mass is 406 g/mol. The van der Waals surface area contributed by atoms with Crippen LogP contribution in [-0.4, -0.2) is 28.6 Å². The molecule has 1 aromatic rings. The summed E-state index contributed by atoms with van der Waals surface area (Å²) in [5, 5.41) is 0. The molecule has 0 aliphatic heterocycles. The lowest BCUT2D eigenvalue weighted by Crippen LogP contribution is -2.46. The van der Waals surface area contributed by atoms with E-state index >= 15 is 0 Å². The summed E-state index contributed by atoms with van der Waals surface area (Å²) in [6.45, 7) is 7.96. The SMILES string of the molecule is CCCO[Si](CCCCc1cccc(C(F)(F)F)c1)(OCCC)OCCC. The number of hydrogen-bond acceptors (Lipinski definition) is 3. The minimum absolute atomic E-state index is 0.590. The molecule has 0 unspecified atom stereocenters. The molecule has 0 aliphatic carbocycles. The zero-order valence-electron chi connectivity index (χ0n) is 16.7. The second kappa shape index (κ2) is 12.5. The number of alkyl halides is 3. The van der Waals surface area contributed by atoms with Crippen molar-refractivity contribution in [2.75, 3.05) is 19.8 Å². The molecule has 1 rings (SSSR count). The molecule has 0 atom stereocenters. The maximum Gasteiger partial charge on any atom is 0.500 e. The molecule has 0 spiro atoms. The van der Waals surface area contributed by atoms with Crippen LogP contribution in [0.4, 0.5) is 13.2 Å². The van der Waals surface area contributed by atoms with E-state index in [1.54, 1.807) is 6.07 Å². The Balaban J connectivity index is 2.63. The summed E-state index contributed by atoms with van der Waals surface area (Å²) in [7, 11) is -2.72. The summed E-state index contributed by atoms with van der Waals surface area (Å²) in [6.07, 6.45) is 0.561. The van der Waals surface area contributed by atoms with Crippen molar-refractivity contribution in [2.45, 2.75) is 71.5 Å². The summed E-state index contributed by atoms with van der Waals surface area (Å²) in [4.78, 5) is 0. The van der Waals surface area contributed by atoms with E-state index in [2.05, 4.69) is 0 Å². The van der Waals surface area contributed by atoms with Gasteiger partial charge in [-0.1, -0.05) is 39.0 Å². The maximum absolute atomic E-state index is 12.8. The highest BCUT2D eigenvalue weighted by molar-refractivity contribution is 6.60. The van der Waals surface area contributed by atoms with Gasteiger partial charge in [-0.3, -0.25) is 0 Å². The van der Waals surface area contributed by atoms with Gasteiger partial charge < -0.3 is 13.3 Å². The lowest BCUT2D eigenvalue weighted by molar-refractivity contribution is -0.137. The fourth-order valence-electron chi connectivity index (χ4n) is 2.69. The van der Waals surface area contributed by atoms with Gasteiger partial charge in [-0.15, -0.1) is 0 Å². The number of rotatable bonds is 14. The topological polar surface area (TPSA) is 27.7 Å². The Morgan fingerprint density at radius 1 is 0.852 bits per heavy atom. The first-order valence-corrected chi connectivity index (χ1v) is 11.9. The molecule has 1 aromatic carbocycles. The molecular weight excluding hydrogens is 373 g/mol. The minimum Gasteiger partial charge on any atom is -0.373 e. The van der Waals surface area contributed by atoms with E-state index in [0.29, 0.717) is 37.8 Å². The van der Waals surface area contributed by atoms with E-state index in [1.165, 1.54) is 12.1 Å². The molecule has 0 bridgehead atoms. The Bertz CT molecular complexity index is 502. The molecule has 0 fully saturated rings. The Hall–Kier alpha value is -0.893. The van der Waals surface area contributed by atoms with E-state index < -0.39 is 20.5 Å². The third kappa shape index (κ3) is 9.23. The third-order valence-electron chi connectivity index (χ3n) is 4.03. The summed E-state index contributed by atoms with van der Waals surface area (Å²) < 4.78 is 56.6. The van der Waals surface area contributed by atoms with Gasteiger partial charge in [0.2, 0.25) is 0 Å². The molecule has 0 radical (unpaired) electrons. The van der Waals surface area contributed by atoms with Crippen LogP contribution in [0.3, 0.4) is 0 Å². The molecule has 0 amide bonds. The second-order valence-electron chi connectivity index (χ2n) is 6.63. The Morgan fingerprint density at radius 2 is 1.41 bits per heavy atom. The second-order valence-corrected chi connectivity index (χ2v) is 9.37. The van der Waals surface area contributed by atoms with E-state index in [1.807, 2.05) is 20.8 Å². The van der Waals surface area contributed by atoms with Crippen molar-refractivity contribution >= 4 is 8.80 Å². The van der Waals surface area contributed by atoms with Crippen LogP contribution in [0.5, 0.6) is 0 Å². The lowest BCUT2D eigenvalue weighted by Gasteiger charge is -2.29. The average molecular weight is 407 g/mol. The minimum atomic E-state index is -4.30. The zero-order chi connectivity index (χ0) is 20.2. The predicted molar refractivity (Wildman–Crippen MR) is 104 cm³/mol. The summed E-state index contributed by atoms with van der Waals surface area (Å²) in [5.74, 6) is 0. The number of aryl methyl sites for hydroxylation is 1. The normalized spacial score (nSPS) is 12.5. The van der Waals surface area contributed by atoms with Crippen LogP contribution >= 0.6 is 0 Å². The van der Waals surface area contributed by atoms with E-state index in [9.17, 15) is 13.2 Å². The van der Waals surface area contributed by atoms with E-state index in [0.717, 1.165) is 38.2 Å². The Kier molecular flexibility index (Phi) is 11.2. The summed E-state index contributed by atoms with van der Waals surface area (Å²) >= 11 is 0. The van der Waals surface area contributed by atoms with Crippen molar-refractivity contribution in [3.05, 3.63) is 35.4 Å². The zero-order valence-corrected chi connectivity index (χ0v) is 17.7. The van der Waals surface area contributed by atoms with Gasteiger partial charge in [0.25, 0.3) is 0 Å².